The number of piperidine rings is 3. The number of hydrogen-bond acceptors (Lipinski definition) is 6. The van der Waals surface area contributed by atoms with Crippen LogP contribution in [0.1, 0.15) is 29.4 Å². The van der Waals surface area contributed by atoms with Gasteiger partial charge in [-0.15, -0.1) is 0 Å². The topological polar surface area (TPSA) is 87.7 Å². The maximum Gasteiger partial charge on any atom is 0.261 e. The average Bonchev–Trinajstić information content (AvgIpc) is 3.12. The van der Waals surface area contributed by atoms with E-state index in [4.69, 9.17) is 4.74 Å². The third kappa shape index (κ3) is 4.73. The molecule has 1 aromatic carbocycles. The molecule has 7 nitrogen and oxygen atoms in total. The van der Waals surface area contributed by atoms with Crippen molar-refractivity contribution in [2.45, 2.75) is 31.8 Å². The SMILES string of the molecule is C[C@H]1[C@H](NC(=O)c2ccc(Oc3cccc(NS(C)(=O)=O)c3)s2)C2CCN1CC2. The van der Waals surface area contributed by atoms with Crippen molar-refractivity contribution in [1.29, 1.82) is 0 Å². The van der Waals surface area contributed by atoms with E-state index in [1.807, 2.05) is 0 Å². The van der Waals surface area contributed by atoms with Crippen LogP contribution in [0.2, 0.25) is 0 Å². The molecule has 3 fully saturated rings. The van der Waals surface area contributed by atoms with Crippen molar-refractivity contribution in [2.24, 2.45) is 5.92 Å². The third-order valence-electron chi connectivity index (χ3n) is 5.64. The molecular weight excluding hydrogens is 410 g/mol. The Morgan fingerprint density at radius 1 is 1.21 bits per heavy atom. The molecule has 2 bridgehead atoms. The van der Waals surface area contributed by atoms with Crippen LogP contribution in [-0.2, 0) is 10.0 Å². The fraction of sp³-hybridized carbons (Fsp3) is 0.450. The van der Waals surface area contributed by atoms with E-state index in [1.54, 1.807) is 36.4 Å². The van der Waals surface area contributed by atoms with Gasteiger partial charge in [0, 0.05) is 18.2 Å². The summed E-state index contributed by atoms with van der Waals surface area (Å²) in [5.74, 6) is 0.987. The summed E-state index contributed by atoms with van der Waals surface area (Å²) < 4.78 is 31.0. The summed E-state index contributed by atoms with van der Waals surface area (Å²) in [7, 11) is -3.36. The van der Waals surface area contributed by atoms with Crippen molar-refractivity contribution in [1.82, 2.24) is 10.2 Å². The second-order valence-electron chi connectivity index (χ2n) is 7.74. The number of sulfonamides is 1. The Kier molecular flexibility index (Phi) is 5.54. The van der Waals surface area contributed by atoms with Crippen LogP contribution in [0.15, 0.2) is 36.4 Å². The summed E-state index contributed by atoms with van der Waals surface area (Å²) in [4.78, 5) is 15.8. The number of hydrogen-bond donors (Lipinski definition) is 2. The molecule has 1 amide bonds. The van der Waals surface area contributed by atoms with Crippen molar-refractivity contribution in [3.63, 3.8) is 0 Å². The second-order valence-corrected chi connectivity index (χ2v) is 10.5. The number of benzene rings is 1. The number of amides is 1. The molecule has 2 atom stereocenters. The third-order valence-corrected chi connectivity index (χ3v) is 7.20. The van der Waals surface area contributed by atoms with E-state index < -0.39 is 10.0 Å². The van der Waals surface area contributed by atoms with E-state index in [2.05, 4.69) is 21.9 Å². The Morgan fingerprint density at radius 2 is 1.97 bits per heavy atom. The normalized spacial score (nSPS) is 26.1. The average molecular weight is 436 g/mol. The standard InChI is InChI=1S/C20H25N3O4S2/c1-13-19(14-8-10-23(13)11-9-14)21-20(24)17-6-7-18(28-17)27-16-5-3-4-15(12-16)22-29(2,25)26/h3-7,12-14,19,22H,8-11H2,1-2H3,(H,21,24)/t13-,19-/m0/s1. The van der Waals surface area contributed by atoms with Crippen LogP contribution < -0.4 is 14.8 Å². The van der Waals surface area contributed by atoms with Crippen molar-refractivity contribution >= 4 is 33.0 Å². The lowest BCUT2D eigenvalue weighted by Crippen LogP contribution is -2.62. The second kappa shape index (κ2) is 7.97. The molecule has 3 aliphatic heterocycles. The van der Waals surface area contributed by atoms with Gasteiger partial charge >= 0.3 is 0 Å². The molecule has 1 aromatic heterocycles. The Hall–Kier alpha value is -2.10. The van der Waals surface area contributed by atoms with E-state index in [1.165, 1.54) is 11.3 Å². The summed E-state index contributed by atoms with van der Waals surface area (Å²) in [5, 5.41) is 3.80. The van der Waals surface area contributed by atoms with Crippen LogP contribution in [0.5, 0.6) is 10.8 Å². The first kappa shape index (κ1) is 20.2. The molecule has 156 valence electrons. The zero-order valence-corrected chi connectivity index (χ0v) is 18.1. The number of nitrogens with one attached hydrogen (secondary N) is 2. The summed E-state index contributed by atoms with van der Waals surface area (Å²) in [6.45, 7) is 4.45. The van der Waals surface area contributed by atoms with Gasteiger partial charge in [0.1, 0.15) is 5.75 Å². The molecule has 0 spiro atoms. The predicted octanol–water partition coefficient (Wildman–Crippen LogP) is 3.12. The smallest absolute Gasteiger partial charge is 0.261 e. The van der Waals surface area contributed by atoms with Crippen LogP contribution in [0, 0.1) is 5.92 Å². The summed E-state index contributed by atoms with van der Waals surface area (Å²) in [5.41, 5.74) is 0.427. The van der Waals surface area contributed by atoms with Gasteiger partial charge in [-0.05, 0) is 63.0 Å². The largest absolute Gasteiger partial charge is 0.447 e. The van der Waals surface area contributed by atoms with Gasteiger partial charge in [-0.3, -0.25) is 14.4 Å². The van der Waals surface area contributed by atoms with Crippen molar-refractivity contribution in [2.75, 3.05) is 24.1 Å². The van der Waals surface area contributed by atoms with Crippen molar-refractivity contribution in [3.05, 3.63) is 41.3 Å². The molecule has 3 saturated heterocycles. The summed E-state index contributed by atoms with van der Waals surface area (Å²) in [6, 6.07) is 10.8. The number of nitrogens with zero attached hydrogens (tertiary/aromatic N) is 1. The van der Waals surface area contributed by atoms with E-state index in [9.17, 15) is 13.2 Å². The molecular formula is C20H25N3O4S2. The lowest BCUT2D eigenvalue weighted by molar-refractivity contribution is 0.0218. The maximum absolute atomic E-state index is 12.8. The maximum atomic E-state index is 12.8. The molecule has 3 aliphatic rings. The van der Waals surface area contributed by atoms with Crippen molar-refractivity contribution in [3.8, 4) is 10.8 Å². The highest BCUT2D eigenvalue weighted by Crippen LogP contribution is 2.34. The molecule has 2 aromatic rings. The fourth-order valence-corrected chi connectivity index (χ4v) is 5.55. The fourth-order valence-electron chi connectivity index (χ4n) is 4.22. The van der Waals surface area contributed by atoms with Gasteiger partial charge in [0.2, 0.25) is 10.0 Å². The summed E-state index contributed by atoms with van der Waals surface area (Å²) in [6.07, 6.45) is 3.39. The molecule has 0 aliphatic carbocycles. The molecule has 4 heterocycles. The number of thiophene rings is 1. The quantitative estimate of drug-likeness (QED) is 0.728. The zero-order valence-electron chi connectivity index (χ0n) is 16.4. The Morgan fingerprint density at radius 3 is 2.66 bits per heavy atom. The number of fused-ring (bicyclic) bond motifs is 3. The minimum Gasteiger partial charge on any atom is -0.447 e. The minimum absolute atomic E-state index is 0.0667. The number of anilines is 1. The molecule has 29 heavy (non-hydrogen) atoms. The predicted molar refractivity (Wildman–Crippen MR) is 114 cm³/mol. The Bertz CT molecular complexity index is 995. The first-order chi connectivity index (χ1) is 13.8. The van der Waals surface area contributed by atoms with Gasteiger partial charge in [-0.1, -0.05) is 17.4 Å². The zero-order chi connectivity index (χ0) is 20.6. The van der Waals surface area contributed by atoms with Crippen LogP contribution >= 0.6 is 11.3 Å². The van der Waals surface area contributed by atoms with E-state index in [0.717, 1.165) is 32.2 Å². The molecule has 0 saturated carbocycles. The molecule has 0 unspecified atom stereocenters. The lowest BCUT2D eigenvalue weighted by Gasteiger charge is -2.49. The van der Waals surface area contributed by atoms with Crippen molar-refractivity contribution < 1.29 is 17.9 Å². The highest BCUT2D eigenvalue weighted by atomic mass is 32.2. The van der Waals surface area contributed by atoms with Gasteiger partial charge in [0.25, 0.3) is 5.91 Å². The van der Waals surface area contributed by atoms with Gasteiger partial charge in [-0.2, -0.15) is 0 Å². The van der Waals surface area contributed by atoms with Gasteiger partial charge < -0.3 is 10.1 Å². The first-order valence-corrected chi connectivity index (χ1v) is 12.4. The summed E-state index contributed by atoms with van der Waals surface area (Å²) >= 11 is 1.28. The number of carbonyl (C=O) groups is 1. The number of carbonyl (C=O) groups excluding carboxylic acids is 1. The Balaban J connectivity index is 1.41. The molecule has 9 heteroatoms. The van der Waals surface area contributed by atoms with Gasteiger partial charge in [-0.25, -0.2) is 8.42 Å². The Labute approximate surface area is 175 Å². The first-order valence-electron chi connectivity index (χ1n) is 9.69. The molecule has 0 radical (unpaired) electrons. The van der Waals surface area contributed by atoms with Gasteiger partial charge in [0.05, 0.1) is 16.8 Å². The lowest BCUT2D eigenvalue weighted by atomic mass is 9.79. The highest BCUT2D eigenvalue weighted by molar-refractivity contribution is 7.92. The van der Waals surface area contributed by atoms with E-state index in [0.29, 0.717) is 33.3 Å². The van der Waals surface area contributed by atoms with Gasteiger partial charge in [0.15, 0.2) is 5.06 Å². The monoisotopic (exact) mass is 435 g/mol. The number of rotatable bonds is 6. The molecule has 5 rings (SSSR count). The van der Waals surface area contributed by atoms with Crippen LogP contribution in [0.25, 0.3) is 0 Å². The van der Waals surface area contributed by atoms with E-state index >= 15 is 0 Å². The van der Waals surface area contributed by atoms with Crippen LogP contribution in [0.3, 0.4) is 0 Å². The van der Waals surface area contributed by atoms with Crippen LogP contribution in [-0.4, -0.2) is 50.7 Å². The van der Waals surface area contributed by atoms with Crippen LogP contribution in [0.4, 0.5) is 5.69 Å². The van der Waals surface area contributed by atoms with E-state index in [-0.39, 0.29) is 11.9 Å². The minimum atomic E-state index is -3.36. The molecule has 2 N–H and O–H groups in total. The number of ether oxygens (including phenoxy) is 1. The highest BCUT2D eigenvalue weighted by Gasteiger charge is 2.40.